The van der Waals surface area contributed by atoms with E-state index in [1.54, 1.807) is 18.5 Å². The smallest absolute Gasteiger partial charge is 0.267 e. The molecule has 1 amide bonds. The van der Waals surface area contributed by atoms with Crippen molar-refractivity contribution in [2.45, 2.75) is 50.9 Å². The van der Waals surface area contributed by atoms with Crippen LogP contribution in [0, 0.1) is 0 Å². The maximum absolute atomic E-state index is 11.9. The number of hydrogen-bond donors (Lipinski definition) is 2. The van der Waals surface area contributed by atoms with Crippen molar-refractivity contribution in [3.8, 4) is 0 Å². The van der Waals surface area contributed by atoms with Crippen LogP contribution in [-0.2, 0) is 20.8 Å². The molecule has 2 fully saturated rings. The third-order valence-corrected chi connectivity index (χ3v) is 6.25. The van der Waals surface area contributed by atoms with Crippen molar-refractivity contribution < 1.29 is 14.4 Å². The monoisotopic (exact) mass is 485 g/mol. The summed E-state index contributed by atoms with van der Waals surface area (Å²) in [7, 11) is 0. The van der Waals surface area contributed by atoms with Crippen LogP contribution in [0.3, 0.4) is 0 Å². The molecule has 2 atom stereocenters. The molecular formula is C25H32ClN5O3. The lowest BCUT2D eigenvalue weighted by atomic mass is 10.0. The standard InChI is InChI=1S/C25H32ClN5O3/c26-20-8-6-19(7-9-20)12-14-31-13-3-4-22(18-31)29-23-17-27-21(16-28-23)10-11-24(32)30-34-25-5-1-2-15-33-25/h6-11,16-17,22,25H,1-5,12-15,18H2,(H,28,29)(H,30,32)/t22-,25?/m1/s1. The van der Waals surface area contributed by atoms with Gasteiger partial charge in [0.15, 0.2) is 6.29 Å². The topological polar surface area (TPSA) is 88.6 Å². The van der Waals surface area contributed by atoms with Crippen molar-refractivity contribution in [3.63, 3.8) is 0 Å². The van der Waals surface area contributed by atoms with Gasteiger partial charge in [0.2, 0.25) is 0 Å². The Kier molecular flexibility index (Phi) is 9.27. The summed E-state index contributed by atoms with van der Waals surface area (Å²) in [6.45, 7) is 3.77. The summed E-state index contributed by atoms with van der Waals surface area (Å²) in [6, 6.07) is 8.41. The molecule has 2 N–H and O–H groups in total. The largest absolute Gasteiger partial charge is 0.365 e. The Balaban J connectivity index is 1.19. The molecule has 182 valence electrons. The summed E-state index contributed by atoms with van der Waals surface area (Å²) in [5.41, 5.74) is 4.30. The maximum Gasteiger partial charge on any atom is 0.267 e. The molecule has 0 bridgehead atoms. The van der Waals surface area contributed by atoms with E-state index < -0.39 is 0 Å². The Morgan fingerprint density at radius 3 is 2.82 bits per heavy atom. The van der Waals surface area contributed by atoms with Gasteiger partial charge in [-0.2, -0.15) is 0 Å². The summed E-state index contributed by atoms with van der Waals surface area (Å²) < 4.78 is 5.41. The molecule has 34 heavy (non-hydrogen) atoms. The zero-order chi connectivity index (χ0) is 23.6. The van der Waals surface area contributed by atoms with Gasteiger partial charge in [0.05, 0.1) is 18.1 Å². The molecule has 0 aliphatic carbocycles. The van der Waals surface area contributed by atoms with Crippen molar-refractivity contribution in [2.24, 2.45) is 0 Å². The lowest BCUT2D eigenvalue weighted by Crippen LogP contribution is -2.43. The molecular weight excluding hydrogens is 454 g/mol. The fourth-order valence-corrected chi connectivity index (χ4v) is 4.27. The minimum atomic E-state index is -0.371. The Bertz CT molecular complexity index is 933. The summed E-state index contributed by atoms with van der Waals surface area (Å²) in [5, 5.41) is 4.27. The van der Waals surface area contributed by atoms with E-state index in [1.165, 1.54) is 11.6 Å². The van der Waals surface area contributed by atoms with Crippen molar-refractivity contribution in [2.75, 3.05) is 31.6 Å². The van der Waals surface area contributed by atoms with Crippen molar-refractivity contribution in [3.05, 3.63) is 59.0 Å². The first-order chi connectivity index (χ1) is 16.6. The van der Waals surface area contributed by atoms with E-state index in [4.69, 9.17) is 21.2 Å². The molecule has 1 aromatic carbocycles. The van der Waals surface area contributed by atoms with Crippen LogP contribution in [0.25, 0.3) is 6.08 Å². The van der Waals surface area contributed by atoms with Gasteiger partial charge in [-0.3, -0.25) is 9.78 Å². The number of nitrogens with one attached hydrogen (secondary N) is 2. The van der Waals surface area contributed by atoms with Gasteiger partial charge in [0, 0.05) is 43.3 Å². The highest BCUT2D eigenvalue weighted by molar-refractivity contribution is 6.30. The average Bonchev–Trinajstić information content (AvgIpc) is 2.87. The van der Waals surface area contributed by atoms with Crippen molar-refractivity contribution >= 4 is 29.4 Å². The zero-order valence-electron chi connectivity index (χ0n) is 19.3. The molecule has 3 heterocycles. The molecule has 2 aliphatic rings. The molecule has 2 aliphatic heterocycles. The molecule has 0 radical (unpaired) electrons. The minimum Gasteiger partial charge on any atom is -0.365 e. The van der Waals surface area contributed by atoms with Crippen LogP contribution in [0.5, 0.6) is 0 Å². The van der Waals surface area contributed by atoms with Crippen molar-refractivity contribution in [1.82, 2.24) is 20.3 Å². The van der Waals surface area contributed by atoms with Crippen LogP contribution in [0.1, 0.15) is 43.4 Å². The molecule has 0 spiro atoms. The van der Waals surface area contributed by atoms with Gasteiger partial charge in [-0.05, 0) is 62.4 Å². The highest BCUT2D eigenvalue weighted by atomic mass is 35.5. The second kappa shape index (κ2) is 12.8. The number of benzene rings is 1. The van der Waals surface area contributed by atoms with Gasteiger partial charge < -0.3 is 15.0 Å². The van der Waals surface area contributed by atoms with E-state index >= 15 is 0 Å². The van der Waals surface area contributed by atoms with E-state index in [9.17, 15) is 4.79 Å². The Hall–Kier alpha value is -2.52. The van der Waals surface area contributed by atoms with Crippen LogP contribution in [0.2, 0.25) is 5.02 Å². The molecule has 2 aromatic rings. The number of carbonyl (C=O) groups excluding carboxylic acids is 1. The van der Waals surface area contributed by atoms with Crippen LogP contribution in [0.15, 0.2) is 42.7 Å². The number of rotatable bonds is 9. The molecule has 4 rings (SSSR count). The summed E-state index contributed by atoms with van der Waals surface area (Å²) in [6.07, 6.45) is 12.1. The number of carbonyl (C=O) groups is 1. The number of anilines is 1. The average molecular weight is 486 g/mol. The van der Waals surface area contributed by atoms with Gasteiger partial charge in [-0.15, -0.1) is 0 Å². The van der Waals surface area contributed by atoms with Gasteiger partial charge in [-0.1, -0.05) is 23.7 Å². The zero-order valence-corrected chi connectivity index (χ0v) is 20.0. The lowest BCUT2D eigenvalue weighted by molar-refractivity contribution is -0.198. The molecule has 8 nitrogen and oxygen atoms in total. The number of aromatic nitrogens is 2. The number of piperidine rings is 1. The van der Waals surface area contributed by atoms with Crippen LogP contribution in [-0.4, -0.2) is 59.3 Å². The number of likely N-dealkylation sites (tertiary alicyclic amines) is 1. The SMILES string of the molecule is O=C(C=Cc1cnc(N[C@@H]2CCCN(CCc3ccc(Cl)cc3)C2)cn1)NOC1CCCCO1. The lowest BCUT2D eigenvalue weighted by Gasteiger charge is -2.33. The Labute approximate surface area is 205 Å². The van der Waals surface area contributed by atoms with E-state index in [2.05, 4.69) is 37.8 Å². The first-order valence-corrected chi connectivity index (χ1v) is 12.3. The molecule has 0 saturated carbocycles. The molecule has 1 aromatic heterocycles. The number of amides is 1. The van der Waals surface area contributed by atoms with Crippen molar-refractivity contribution in [1.29, 1.82) is 0 Å². The summed E-state index contributed by atoms with van der Waals surface area (Å²) in [4.78, 5) is 28.5. The second-order valence-corrected chi connectivity index (χ2v) is 9.14. The van der Waals surface area contributed by atoms with Gasteiger partial charge in [0.1, 0.15) is 5.82 Å². The molecule has 1 unspecified atom stereocenters. The van der Waals surface area contributed by atoms with E-state index in [0.29, 0.717) is 18.3 Å². The minimum absolute atomic E-state index is 0.333. The van der Waals surface area contributed by atoms with Gasteiger partial charge in [-0.25, -0.2) is 15.3 Å². The molecule has 9 heteroatoms. The highest BCUT2D eigenvalue weighted by Gasteiger charge is 2.20. The van der Waals surface area contributed by atoms with Crippen LogP contribution in [0.4, 0.5) is 5.82 Å². The van der Waals surface area contributed by atoms with Crippen LogP contribution >= 0.6 is 11.6 Å². The van der Waals surface area contributed by atoms with E-state index in [0.717, 1.165) is 69.0 Å². The first-order valence-electron chi connectivity index (χ1n) is 11.9. The summed E-state index contributed by atoms with van der Waals surface area (Å²) >= 11 is 5.98. The maximum atomic E-state index is 11.9. The first kappa shape index (κ1) is 24.6. The Morgan fingerprint density at radius 2 is 2.06 bits per heavy atom. The van der Waals surface area contributed by atoms with E-state index in [1.807, 2.05) is 12.1 Å². The number of ether oxygens (including phenoxy) is 1. The fraction of sp³-hybridized carbons (Fsp3) is 0.480. The van der Waals surface area contributed by atoms with Crippen LogP contribution < -0.4 is 10.8 Å². The third-order valence-electron chi connectivity index (χ3n) is 5.99. The van der Waals surface area contributed by atoms with E-state index in [-0.39, 0.29) is 12.2 Å². The Morgan fingerprint density at radius 1 is 1.18 bits per heavy atom. The number of hydrogen-bond acceptors (Lipinski definition) is 7. The predicted molar refractivity (Wildman–Crippen MR) is 132 cm³/mol. The van der Waals surface area contributed by atoms with Gasteiger partial charge in [0.25, 0.3) is 5.91 Å². The third kappa shape index (κ3) is 8.06. The predicted octanol–water partition coefficient (Wildman–Crippen LogP) is 3.84. The fourth-order valence-electron chi connectivity index (χ4n) is 4.15. The summed E-state index contributed by atoms with van der Waals surface area (Å²) in [5.74, 6) is 0.378. The number of nitrogens with zero attached hydrogens (tertiary/aromatic N) is 3. The number of hydroxylamine groups is 1. The number of halogens is 1. The normalized spacial score (nSPS) is 21.4. The van der Waals surface area contributed by atoms with Gasteiger partial charge >= 0.3 is 0 Å². The quantitative estimate of drug-likeness (QED) is 0.412. The molecule has 2 saturated heterocycles. The highest BCUT2D eigenvalue weighted by Crippen LogP contribution is 2.16. The second-order valence-electron chi connectivity index (χ2n) is 8.70.